The van der Waals surface area contributed by atoms with Crippen LogP contribution in [0.25, 0.3) is 0 Å². The third-order valence-corrected chi connectivity index (χ3v) is 3.19. The van der Waals surface area contributed by atoms with Crippen LogP contribution in [0.15, 0.2) is 18.2 Å². The number of hydrogen-bond acceptors (Lipinski definition) is 5. The fourth-order valence-electron chi connectivity index (χ4n) is 1.28. The van der Waals surface area contributed by atoms with E-state index in [2.05, 4.69) is 4.18 Å². The van der Waals surface area contributed by atoms with Crippen LogP contribution in [0.3, 0.4) is 0 Å². The summed E-state index contributed by atoms with van der Waals surface area (Å²) >= 11 is 0. The van der Waals surface area contributed by atoms with Gasteiger partial charge >= 0.3 is 27.6 Å². The molecule has 1 rings (SSSR count). The van der Waals surface area contributed by atoms with Crippen molar-refractivity contribution in [2.45, 2.75) is 12.4 Å². The van der Waals surface area contributed by atoms with Gasteiger partial charge in [0.15, 0.2) is 0 Å². The number of carboxylic acid groups (broad SMARTS) is 1. The Labute approximate surface area is 110 Å². The van der Waals surface area contributed by atoms with Crippen LogP contribution in [0.4, 0.5) is 13.2 Å². The topological polar surface area (TPSA) is 97.7 Å². The Kier molecular flexibility index (Phi) is 4.08. The highest BCUT2D eigenvalue weighted by molar-refractivity contribution is 7.88. The van der Waals surface area contributed by atoms with Crippen molar-refractivity contribution in [3.8, 4) is 0 Å². The third-order valence-electron chi connectivity index (χ3n) is 2.25. The maximum atomic E-state index is 12.1. The first-order valence-electron chi connectivity index (χ1n) is 4.85. The molecule has 0 radical (unpaired) electrons. The van der Waals surface area contributed by atoms with Crippen LogP contribution in [0.1, 0.15) is 26.3 Å². The average Bonchev–Trinajstić information content (AvgIpc) is 2.26. The summed E-state index contributed by atoms with van der Waals surface area (Å²) in [7, 11) is -6.09. The van der Waals surface area contributed by atoms with Crippen molar-refractivity contribution in [1.82, 2.24) is 0 Å². The van der Waals surface area contributed by atoms with Crippen molar-refractivity contribution in [3.05, 3.63) is 34.9 Å². The van der Waals surface area contributed by atoms with Gasteiger partial charge in [0.25, 0.3) is 0 Å². The molecule has 0 heterocycles. The molecule has 0 fully saturated rings. The van der Waals surface area contributed by atoms with Gasteiger partial charge in [0.05, 0.1) is 11.1 Å². The van der Waals surface area contributed by atoms with E-state index in [-0.39, 0.29) is 11.1 Å². The van der Waals surface area contributed by atoms with Gasteiger partial charge in [0.1, 0.15) is 0 Å². The molecule has 1 aromatic carbocycles. The van der Waals surface area contributed by atoms with Gasteiger partial charge in [-0.05, 0) is 24.6 Å². The van der Waals surface area contributed by atoms with Crippen LogP contribution in [0.5, 0.6) is 0 Å². The predicted molar refractivity (Wildman–Crippen MR) is 58.5 cm³/mol. The highest BCUT2D eigenvalue weighted by Gasteiger charge is 2.49. The number of rotatable bonds is 3. The SMILES string of the molecule is Cc1c(C(=O)O)cccc1C(=O)OS(=O)(=O)C(F)(F)F. The fourth-order valence-corrected chi connectivity index (χ4v) is 1.66. The molecule has 20 heavy (non-hydrogen) atoms. The minimum atomic E-state index is -6.09. The van der Waals surface area contributed by atoms with Crippen molar-refractivity contribution in [2.24, 2.45) is 0 Å². The molecule has 0 bridgehead atoms. The number of carboxylic acids is 1. The van der Waals surface area contributed by atoms with E-state index in [1.54, 1.807) is 0 Å². The molecule has 110 valence electrons. The summed E-state index contributed by atoms with van der Waals surface area (Å²) in [6.07, 6.45) is 0. The maximum Gasteiger partial charge on any atom is 0.534 e. The molecular weight excluding hydrogens is 305 g/mol. The number of carbonyl (C=O) groups excluding carboxylic acids is 1. The first kappa shape index (κ1) is 16.0. The van der Waals surface area contributed by atoms with Gasteiger partial charge in [-0.3, -0.25) is 0 Å². The summed E-state index contributed by atoms with van der Waals surface area (Å²) in [4.78, 5) is 22.2. The van der Waals surface area contributed by atoms with Gasteiger partial charge in [0, 0.05) is 0 Å². The fraction of sp³-hybridized carbons (Fsp3) is 0.200. The smallest absolute Gasteiger partial charge is 0.478 e. The minimum absolute atomic E-state index is 0.206. The largest absolute Gasteiger partial charge is 0.534 e. The highest BCUT2D eigenvalue weighted by atomic mass is 32.2. The Morgan fingerprint density at radius 3 is 2.15 bits per heavy atom. The number of hydrogen-bond donors (Lipinski definition) is 1. The molecule has 0 saturated carbocycles. The Bertz CT molecular complexity index is 662. The number of benzene rings is 1. The summed E-state index contributed by atoms with van der Waals surface area (Å²) in [6.45, 7) is 1.14. The number of halogens is 3. The van der Waals surface area contributed by atoms with Crippen molar-refractivity contribution < 1.29 is 40.5 Å². The average molecular weight is 312 g/mol. The van der Waals surface area contributed by atoms with Crippen LogP contribution in [0, 0.1) is 6.92 Å². The van der Waals surface area contributed by atoms with Crippen LogP contribution >= 0.6 is 0 Å². The van der Waals surface area contributed by atoms with Crippen molar-refractivity contribution in [2.75, 3.05) is 0 Å². The van der Waals surface area contributed by atoms with Gasteiger partial charge in [0.2, 0.25) is 0 Å². The first-order valence-corrected chi connectivity index (χ1v) is 6.26. The summed E-state index contributed by atoms with van der Waals surface area (Å²) in [5.41, 5.74) is -6.90. The van der Waals surface area contributed by atoms with Gasteiger partial charge < -0.3 is 9.29 Å². The van der Waals surface area contributed by atoms with E-state index in [0.29, 0.717) is 0 Å². The second kappa shape index (κ2) is 5.12. The predicted octanol–water partition coefficient (Wildman–Crippen LogP) is 1.70. The molecule has 0 aromatic heterocycles. The van der Waals surface area contributed by atoms with Gasteiger partial charge in [-0.25, -0.2) is 9.59 Å². The van der Waals surface area contributed by atoms with Crippen molar-refractivity contribution in [3.63, 3.8) is 0 Å². The van der Waals surface area contributed by atoms with Crippen LogP contribution in [-0.4, -0.2) is 31.0 Å². The van der Waals surface area contributed by atoms with Gasteiger partial charge in [-0.2, -0.15) is 21.6 Å². The number of alkyl halides is 3. The second-order valence-electron chi connectivity index (χ2n) is 3.55. The zero-order valence-electron chi connectivity index (χ0n) is 9.76. The molecule has 0 spiro atoms. The lowest BCUT2D eigenvalue weighted by atomic mass is 10.0. The minimum Gasteiger partial charge on any atom is -0.478 e. The molecule has 0 aliphatic rings. The summed E-state index contributed by atoms with van der Waals surface area (Å²) < 4.78 is 61.0. The summed E-state index contributed by atoms with van der Waals surface area (Å²) in [6, 6.07) is 3.13. The van der Waals surface area contributed by atoms with E-state index in [1.165, 1.54) is 0 Å². The standard InChI is InChI=1S/C10H7F3O6S/c1-5-6(8(14)15)3-2-4-7(5)9(16)19-20(17,18)10(11,12)13/h2-4H,1H3,(H,14,15). The van der Waals surface area contributed by atoms with E-state index in [4.69, 9.17) is 5.11 Å². The Morgan fingerprint density at radius 1 is 1.20 bits per heavy atom. The van der Waals surface area contributed by atoms with Crippen LogP contribution in [0.2, 0.25) is 0 Å². The molecule has 0 aliphatic heterocycles. The van der Waals surface area contributed by atoms with E-state index in [9.17, 15) is 31.2 Å². The monoisotopic (exact) mass is 312 g/mol. The molecular formula is C10H7F3O6S. The summed E-state index contributed by atoms with van der Waals surface area (Å²) in [5, 5.41) is 8.78. The number of aromatic carboxylic acids is 1. The molecule has 0 amide bonds. The Balaban J connectivity index is 3.19. The normalized spacial score (nSPS) is 12.0. The van der Waals surface area contributed by atoms with E-state index in [1.807, 2.05) is 0 Å². The van der Waals surface area contributed by atoms with Crippen LogP contribution < -0.4 is 0 Å². The lowest BCUT2D eigenvalue weighted by Gasteiger charge is -2.10. The van der Waals surface area contributed by atoms with E-state index < -0.39 is 33.1 Å². The molecule has 0 atom stereocenters. The van der Waals surface area contributed by atoms with Crippen molar-refractivity contribution in [1.29, 1.82) is 0 Å². The maximum absolute atomic E-state index is 12.1. The van der Waals surface area contributed by atoms with E-state index in [0.717, 1.165) is 25.1 Å². The Morgan fingerprint density at radius 2 is 1.70 bits per heavy atom. The van der Waals surface area contributed by atoms with E-state index >= 15 is 0 Å². The summed E-state index contributed by atoms with van der Waals surface area (Å²) in [5.74, 6) is -3.22. The Hall–Kier alpha value is -2.10. The molecule has 1 N–H and O–H groups in total. The molecule has 0 aliphatic carbocycles. The zero-order chi connectivity index (χ0) is 15.7. The third kappa shape index (κ3) is 3.07. The molecule has 6 nitrogen and oxygen atoms in total. The lowest BCUT2D eigenvalue weighted by Crippen LogP contribution is -2.28. The molecule has 0 saturated heterocycles. The molecule has 10 heteroatoms. The number of carbonyl (C=O) groups is 2. The highest BCUT2D eigenvalue weighted by Crippen LogP contribution is 2.26. The first-order chi connectivity index (χ1) is 8.97. The van der Waals surface area contributed by atoms with Crippen molar-refractivity contribution >= 4 is 22.1 Å². The lowest BCUT2D eigenvalue weighted by molar-refractivity contribution is -0.0525. The zero-order valence-corrected chi connectivity index (χ0v) is 10.6. The van der Waals surface area contributed by atoms with Gasteiger partial charge in [-0.15, -0.1) is 0 Å². The quantitative estimate of drug-likeness (QED) is 0.674. The van der Waals surface area contributed by atoms with Crippen LogP contribution in [-0.2, 0) is 14.3 Å². The molecule has 1 aromatic rings. The molecule has 0 unspecified atom stereocenters. The van der Waals surface area contributed by atoms with Gasteiger partial charge in [-0.1, -0.05) is 6.07 Å². The second-order valence-corrected chi connectivity index (χ2v) is 5.09.